The number of ether oxygens (including phenoxy) is 1. The summed E-state index contributed by atoms with van der Waals surface area (Å²) >= 11 is 5.71. The van der Waals surface area contributed by atoms with Crippen molar-refractivity contribution in [1.29, 1.82) is 0 Å². The van der Waals surface area contributed by atoms with Gasteiger partial charge < -0.3 is 14.9 Å². The molecular formula is C12H13ClO5. The number of carbonyl (C=O) groups is 2. The van der Waals surface area contributed by atoms with Crippen molar-refractivity contribution in [2.75, 3.05) is 7.11 Å². The number of aliphatic carboxylic acids is 1. The maximum atomic E-state index is 12.0. The molecule has 0 saturated heterocycles. The van der Waals surface area contributed by atoms with E-state index in [4.69, 9.17) is 21.4 Å². The van der Waals surface area contributed by atoms with E-state index in [0.717, 1.165) is 0 Å². The van der Waals surface area contributed by atoms with Gasteiger partial charge >= 0.3 is 5.97 Å². The minimum Gasteiger partial charge on any atom is -0.496 e. The van der Waals surface area contributed by atoms with Crippen LogP contribution in [-0.2, 0) is 4.79 Å². The highest BCUT2D eigenvalue weighted by Gasteiger charge is 2.27. The number of ketones is 1. The summed E-state index contributed by atoms with van der Waals surface area (Å²) in [5.74, 6) is -1.76. The normalized spacial score (nSPS) is 13.8. The molecule has 0 fully saturated rings. The van der Waals surface area contributed by atoms with E-state index in [2.05, 4.69) is 0 Å². The average Bonchev–Trinajstić information content (AvgIpc) is 2.35. The molecule has 98 valence electrons. The van der Waals surface area contributed by atoms with Gasteiger partial charge in [-0.2, -0.15) is 0 Å². The zero-order valence-corrected chi connectivity index (χ0v) is 10.6. The minimum atomic E-state index is -1.80. The van der Waals surface area contributed by atoms with Gasteiger partial charge in [-0.25, -0.2) is 4.79 Å². The van der Waals surface area contributed by atoms with E-state index in [1.54, 1.807) is 0 Å². The van der Waals surface area contributed by atoms with Crippen LogP contribution < -0.4 is 4.74 Å². The fraction of sp³-hybridized carbons (Fsp3) is 0.333. The lowest BCUT2D eigenvalue weighted by atomic mass is 9.96. The number of carboxylic acid groups (broad SMARTS) is 1. The summed E-state index contributed by atoms with van der Waals surface area (Å²) in [5, 5.41) is 17.5. The molecule has 0 heterocycles. The Bertz CT molecular complexity index is 470. The number of Topliss-reactive ketones (excluding diaryl/α,β-unsaturated/α-hetero) is 1. The van der Waals surface area contributed by atoms with Crippen molar-refractivity contribution in [2.24, 2.45) is 0 Å². The molecule has 6 heteroatoms. The molecule has 2 N–H and O–H groups in total. The molecule has 0 bridgehead atoms. The fourth-order valence-corrected chi connectivity index (χ4v) is 1.65. The Balaban J connectivity index is 3.42. The Morgan fingerprint density at radius 1 is 1.39 bits per heavy atom. The van der Waals surface area contributed by atoms with Gasteiger partial charge in [-0.3, -0.25) is 4.79 Å². The molecule has 2 atom stereocenters. The molecule has 0 radical (unpaired) electrons. The molecular weight excluding hydrogens is 260 g/mol. The second-order valence-electron chi connectivity index (χ2n) is 3.65. The molecule has 0 aliphatic carbocycles. The van der Waals surface area contributed by atoms with Crippen LogP contribution >= 0.6 is 11.6 Å². The predicted octanol–water partition coefficient (Wildman–Crippen LogP) is 1.62. The minimum absolute atomic E-state index is 0.00241. The number of carboxylic acids is 1. The molecule has 1 rings (SSSR count). The van der Waals surface area contributed by atoms with Crippen LogP contribution in [0.4, 0.5) is 0 Å². The van der Waals surface area contributed by atoms with Gasteiger partial charge in [-0.1, -0.05) is 12.1 Å². The van der Waals surface area contributed by atoms with Crippen LogP contribution in [0.5, 0.6) is 5.75 Å². The number of benzene rings is 1. The largest absolute Gasteiger partial charge is 0.496 e. The second-order valence-corrected chi connectivity index (χ2v) is 4.30. The number of aliphatic hydroxyl groups excluding tert-OH is 1. The van der Waals surface area contributed by atoms with E-state index in [1.165, 1.54) is 32.2 Å². The molecule has 0 aliphatic rings. The van der Waals surface area contributed by atoms with Crippen molar-refractivity contribution in [1.82, 2.24) is 0 Å². The lowest BCUT2D eigenvalue weighted by Gasteiger charge is -2.15. The number of carbonyl (C=O) groups excluding carboxylic acids is 1. The lowest BCUT2D eigenvalue weighted by molar-refractivity contribution is -0.146. The lowest BCUT2D eigenvalue weighted by Crippen LogP contribution is -2.19. The van der Waals surface area contributed by atoms with Gasteiger partial charge in [0.25, 0.3) is 0 Å². The summed E-state index contributed by atoms with van der Waals surface area (Å²) in [6, 6.07) is 4.36. The van der Waals surface area contributed by atoms with Crippen molar-refractivity contribution in [3.8, 4) is 5.75 Å². The molecule has 0 aromatic heterocycles. The van der Waals surface area contributed by atoms with Gasteiger partial charge in [-0.05, 0) is 13.0 Å². The number of hydrogen-bond donors (Lipinski definition) is 2. The van der Waals surface area contributed by atoms with Crippen molar-refractivity contribution in [2.45, 2.75) is 18.4 Å². The number of halogens is 1. The zero-order chi connectivity index (χ0) is 13.9. The molecule has 2 unspecified atom stereocenters. The van der Waals surface area contributed by atoms with E-state index >= 15 is 0 Å². The van der Waals surface area contributed by atoms with Gasteiger partial charge in [0.15, 0.2) is 11.9 Å². The van der Waals surface area contributed by atoms with Crippen molar-refractivity contribution < 1.29 is 24.5 Å². The van der Waals surface area contributed by atoms with E-state index in [0.29, 0.717) is 0 Å². The quantitative estimate of drug-likeness (QED) is 0.629. The molecule has 0 amide bonds. The van der Waals surface area contributed by atoms with E-state index < -0.39 is 23.2 Å². The highest BCUT2D eigenvalue weighted by atomic mass is 35.5. The van der Waals surface area contributed by atoms with E-state index in [-0.39, 0.29) is 16.9 Å². The van der Waals surface area contributed by atoms with Crippen LogP contribution in [-0.4, -0.2) is 34.5 Å². The smallest absolute Gasteiger partial charge is 0.337 e. The van der Waals surface area contributed by atoms with Crippen LogP contribution in [0.2, 0.25) is 0 Å². The highest BCUT2D eigenvalue weighted by Crippen LogP contribution is 2.29. The van der Waals surface area contributed by atoms with Gasteiger partial charge in [0, 0.05) is 5.56 Å². The first-order valence-electron chi connectivity index (χ1n) is 5.16. The molecule has 0 aliphatic heterocycles. The van der Waals surface area contributed by atoms with Gasteiger partial charge in [-0.15, -0.1) is 11.6 Å². The Labute approximate surface area is 109 Å². The summed E-state index contributed by atoms with van der Waals surface area (Å²) in [5.41, 5.74) is -0.0308. The third kappa shape index (κ3) is 2.80. The van der Waals surface area contributed by atoms with Gasteiger partial charge in [0.1, 0.15) is 5.75 Å². The molecule has 0 saturated carbocycles. The second kappa shape index (κ2) is 5.84. The number of alkyl halides is 1. The average molecular weight is 273 g/mol. The van der Waals surface area contributed by atoms with Crippen molar-refractivity contribution >= 4 is 23.4 Å². The monoisotopic (exact) mass is 272 g/mol. The van der Waals surface area contributed by atoms with Crippen molar-refractivity contribution in [3.63, 3.8) is 0 Å². The first-order valence-corrected chi connectivity index (χ1v) is 5.59. The molecule has 18 heavy (non-hydrogen) atoms. The van der Waals surface area contributed by atoms with Crippen LogP contribution in [0.15, 0.2) is 18.2 Å². The summed E-state index contributed by atoms with van der Waals surface area (Å²) in [6.45, 7) is 1.47. The van der Waals surface area contributed by atoms with E-state index in [1.807, 2.05) is 0 Å². The Morgan fingerprint density at radius 3 is 2.44 bits per heavy atom. The highest BCUT2D eigenvalue weighted by molar-refractivity contribution is 6.34. The summed E-state index contributed by atoms with van der Waals surface area (Å²) < 4.78 is 5.00. The Morgan fingerprint density at radius 2 is 2.00 bits per heavy atom. The third-order valence-electron chi connectivity index (χ3n) is 2.41. The van der Waals surface area contributed by atoms with Crippen LogP contribution in [0.3, 0.4) is 0 Å². The fourth-order valence-electron chi connectivity index (χ4n) is 1.54. The van der Waals surface area contributed by atoms with E-state index in [9.17, 15) is 14.7 Å². The van der Waals surface area contributed by atoms with Crippen LogP contribution in [0.1, 0.15) is 28.9 Å². The molecule has 1 aromatic rings. The molecule has 0 spiro atoms. The Kier molecular flexibility index (Phi) is 4.69. The van der Waals surface area contributed by atoms with Crippen LogP contribution in [0.25, 0.3) is 0 Å². The maximum Gasteiger partial charge on any atom is 0.337 e. The summed E-state index contributed by atoms with van der Waals surface area (Å²) in [7, 11) is 1.35. The zero-order valence-electron chi connectivity index (χ0n) is 9.88. The molecule has 1 aromatic carbocycles. The summed E-state index contributed by atoms with van der Waals surface area (Å²) in [4.78, 5) is 22.8. The third-order valence-corrected chi connectivity index (χ3v) is 2.61. The predicted molar refractivity (Wildman–Crippen MR) is 65.2 cm³/mol. The number of methoxy groups -OCH3 is 1. The SMILES string of the molecule is COc1cccc(C(O)C(=O)O)c1C(=O)C(C)Cl. The standard InChI is InChI=1S/C12H13ClO5/c1-6(13)10(14)9-7(11(15)12(16)17)4-3-5-8(9)18-2/h3-6,11,15H,1-2H3,(H,16,17). The first kappa shape index (κ1) is 14.5. The molecule has 5 nitrogen and oxygen atoms in total. The number of rotatable bonds is 5. The topological polar surface area (TPSA) is 83.8 Å². The van der Waals surface area contributed by atoms with Crippen LogP contribution in [0, 0.1) is 0 Å². The maximum absolute atomic E-state index is 12.0. The first-order chi connectivity index (χ1) is 8.40. The summed E-state index contributed by atoms with van der Waals surface area (Å²) in [6.07, 6.45) is -1.80. The number of aliphatic hydroxyl groups is 1. The Hall–Kier alpha value is -1.59. The van der Waals surface area contributed by atoms with Gasteiger partial charge in [0.2, 0.25) is 0 Å². The van der Waals surface area contributed by atoms with Gasteiger partial charge in [0.05, 0.1) is 18.1 Å². The number of hydrogen-bond acceptors (Lipinski definition) is 4. The van der Waals surface area contributed by atoms with Crippen molar-refractivity contribution in [3.05, 3.63) is 29.3 Å².